The van der Waals surface area contributed by atoms with Crippen LogP contribution in [-0.4, -0.2) is 6.61 Å². The number of benzene rings is 2. The molecule has 2 atom stereocenters. The van der Waals surface area contributed by atoms with E-state index in [0.29, 0.717) is 35.6 Å². The number of hydrogen-bond donors (Lipinski definition) is 0. The Kier molecular flexibility index (Phi) is 7.77. The lowest BCUT2D eigenvalue weighted by atomic mass is 9.90. The number of rotatable bonds is 8. The third kappa shape index (κ3) is 5.22. The lowest BCUT2D eigenvalue weighted by molar-refractivity contribution is -0.0215. The molecule has 4 heteroatoms. The van der Waals surface area contributed by atoms with E-state index in [0.717, 1.165) is 19.3 Å². The van der Waals surface area contributed by atoms with Crippen LogP contribution in [0.5, 0.6) is 0 Å². The Morgan fingerprint density at radius 2 is 1.76 bits per heavy atom. The molecule has 3 rings (SSSR count). The van der Waals surface area contributed by atoms with Crippen LogP contribution in [-0.2, 0) is 11.2 Å². The van der Waals surface area contributed by atoms with Crippen molar-refractivity contribution in [2.24, 2.45) is 5.92 Å². The first-order chi connectivity index (χ1) is 14.0. The van der Waals surface area contributed by atoms with E-state index >= 15 is 0 Å². The molecular weight excluding hydrogens is 373 g/mol. The van der Waals surface area contributed by atoms with Gasteiger partial charge in [0.05, 0.1) is 12.7 Å². The first-order valence-corrected chi connectivity index (χ1v) is 10.9. The molecule has 1 aliphatic rings. The lowest BCUT2D eigenvalue weighted by Crippen LogP contribution is -2.21. The van der Waals surface area contributed by atoms with Gasteiger partial charge in [0.1, 0.15) is 5.82 Å². The zero-order valence-corrected chi connectivity index (χ0v) is 17.4. The van der Waals surface area contributed by atoms with Crippen LogP contribution in [0.15, 0.2) is 30.3 Å². The second-order valence-electron chi connectivity index (χ2n) is 8.15. The van der Waals surface area contributed by atoms with Crippen LogP contribution in [0.1, 0.15) is 76.0 Å². The normalized spacial score (nSPS) is 19.5. The predicted molar refractivity (Wildman–Crippen MR) is 111 cm³/mol. The van der Waals surface area contributed by atoms with E-state index in [4.69, 9.17) is 4.74 Å². The minimum Gasteiger partial charge on any atom is -0.373 e. The highest BCUT2D eigenvalue weighted by atomic mass is 19.2. The summed E-state index contributed by atoms with van der Waals surface area (Å²) in [6, 6.07) is 7.74. The molecule has 1 nitrogen and oxygen atoms in total. The van der Waals surface area contributed by atoms with Crippen LogP contribution in [0.4, 0.5) is 13.2 Å². The van der Waals surface area contributed by atoms with Gasteiger partial charge in [-0.05, 0) is 48.8 Å². The maximum absolute atomic E-state index is 14.8. The fourth-order valence-electron chi connectivity index (χ4n) is 4.19. The van der Waals surface area contributed by atoms with E-state index < -0.39 is 17.5 Å². The first kappa shape index (κ1) is 21.9. The topological polar surface area (TPSA) is 9.23 Å². The number of unbranched alkanes of at least 4 members (excludes halogenated alkanes) is 2. The van der Waals surface area contributed by atoms with Gasteiger partial charge in [-0.25, -0.2) is 13.2 Å². The van der Waals surface area contributed by atoms with Crippen molar-refractivity contribution in [2.75, 3.05) is 6.61 Å². The zero-order chi connectivity index (χ0) is 20.8. The summed E-state index contributed by atoms with van der Waals surface area (Å²) in [5.74, 6) is -1.61. The van der Waals surface area contributed by atoms with Crippen molar-refractivity contribution in [2.45, 2.75) is 71.3 Å². The van der Waals surface area contributed by atoms with Gasteiger partial charge >= 0.3 is 0 Å². The van der Waals surface area contributed by atoms with Crippen LogP contribution in [0.25, 0.3) is 11.1 Å². The van der Waals surface area contributed by atoms with Crippen molar-refractivity contribution in [3.05, 3.63) is 58.9 Å². The molecule has 0 aromatic heterocycles. The van der Waals surface area contributed by atoms with Crippen molar-refractivity contribution < 1.29 is 17.9 Å². The molecule has 2 aromatic carbocycles. The van der Waals surface area contributed by atoms with Crippen molar-refractivity contribution in [1.82, 2.24) is 0 Å². The molecule has 1 aliphatic heterocycles. The number of halogens is 3. The van der Waals surface area contributed by atoms with Crippen molar-refractivity contribution in [3.8, 4) is 11.1 Å². The minimum absolute atomic E-state index is 0.0911. The molecule has 2 aromatic rings. The van der Waals surface area contributed by atoms with Gasteiger partial charge in [0.15, 0.2) is 11.6 Å². The molecule has 1 fully saturated rings. The highest BCUT2D eigenvalue weighted by Gasteiger charge is 2.25. The highest BCUT2D eigenvalue weighted by molar-refractivity contribution is 5.65. The maximum Gasteiger partial charge on any atom is 0.166 e. The van der Waals surface area contributed by atoms with Crippen LogP contribution in [0, 0.1) is 23.4 Å². The monoisotopic (exact) mass is 404 g/mol. The van der Waals surface area contributed by atoms with Gasteiger partial charge in [0.2, 0.25) is 0 Å². The Balaban J connectivity index is 1.71. The molecule has 0 N–H and O–H groups in total. The second-order valence-corrected chi connectivity index (χ2v) is 8.15. The summed E-state index contributed by atoms with van der Waals surface area (Å²) in [5, 5.41) is 0. The summed E-state index contributed by atoms with van der Waals surface area (Å²) in [6.45, 7) is 4.77. The molecule has 1 heterocycles. The van der Waals surface area contributed by atoms with E-state index in [1.807, 2.05) is 6.92 Å². The van der Waals surface area contributed by atoms with Gasteiger partial charge in [-0.15, -0.1) is 0 Å². The number of hydrogen-bond acceptors (Lipinski definition) is 1. The van der Waals surface area contributed by atoms with Crippen molar-refractivity contribution >= 4 is 0 Å². The summed E-state index contributed by atoms with van der Waals surface area (Å²) in [6.07, 6.45) is 7.62. The van der Waals surface area contributed by atoms with E-state index in [1.54, 1.807) is 18.2 Å². The second kappa shape index (κ2) is 10.3. The zero-order valence-electron chi connectivity index (χ0n) is 17.4. The van der Waals surface area contributed by atoms with E-state index in [-0.39, 0.29) is 11.7 Å². The van der Waals surface area contributed by atoms with Gasteiger partial charge in [-0.3, -0.25) is 0 Å². The predicted octanol–water partition coefficient (Wildman–Crippen LogP) is 7.77. The van der Waals surface area contributed by atoms with Crippen LogP contribution in [0.3, 0.4) is 0 Å². The molecule has 1 saturated heterocycles. The summed E-state index contributed by atoms with van der Waals surface area (Å²) < 4.78 is 49.5. The highest BCUT2D eigenvalue weighted by Crippen LogP contribution is 2.36. The fourth-order valence-corrected chi connectivity index (χ4v) is 4.19. The van der Waals surface area contributed by atoms with Gasteiger partial charge in [-0.2, -0.15) is 0 Å². The molecule has 158 valence electrons. The SMILES string of the molecule is CCCCCC1CCC(c2ccc(-c3ccc(CCC)c(F)c3F)cc2F)OC1. The van der Waals surface area contributed by atoms with E-state index in [1.165, 1.54) is 37.8 Å². The molecule has 0 aliphatic carbocycles. The first-order valence-electron chi connectivity index (χ1n) is 10.9. The van der Waals surface area contributed by atoms with Crippen LogP contribution < -0.4 is 0 Å². The van der Waals surface area contributed by atoms with Gasteiger partial charge < -0.3 is 4.74 Å². The smallest absolute Gasteiger partial charge is 0.166 e. The number of ether oxygens (including phenoxy) is 1. The maximum atomic E-state index is 14.8. The molecule has 0 spiro atoms. The van der Waals surface area contributed by atoms with Crippen molar-refractivity contribution in [3.63, 3.8) is 0 Å². The summed E-state index contributed by atoms with van der Waals surface area (Å²) in [7, 11) is 0. The third-order valence-electron chi connectivity index (χ3n) is 5.93. The summed E-state index contributed by atoms with van der Waals surface area (Å²) >= 11 is 0. The Morgan fingerprint density at radius 3 is 2.41 bits per heavy atom. The van der Waals surface area contributed by atoms with Crippen molar-refractivity contribution in [1.29, 1.82) is 0 Å². The lowest BCUT2D eigenvalue weighted by Gasteiger charge is -2.29. The Bertz CT molecular complexity index is 810. The molecule has 29 heavy (non-hydrogen) atoms. The van der Waals surface area contributed by atoms with Gasteiger partial charge in [0, 0.05) is 11.1 Å². The number of aryl methyl sites for hydroxylation is 1. The molecule has 0 bridgehead atoms. The van der Waals surface area contributed by atoms with Crippen LogP contribution >= 0.6 is 0 Å². The fraction of sp³-hybridized carbons (Fsp3) is 0.520. The Morgan fingerprint density at radius 1 is 0.931 bits per heavy atom. The van der Waals surface area contributed by atoms with Gasteiger partial charge in [-0.1, -0.05) is 63.8 Å². The largest absolute Gasteiger partial charge is 0.373 e. The standard InChI is InChI=1S/C25H31F3O/c1-3-5-6-8-17-9-14-23(29-16-17)21-13-11-19(15-22(21)26)20-12-10-18(7-4-2)24(27)25(20)28/h10-13,15,17,23H,3-9,14,16H2,1-2H3. The summed E-state index contributed by atoms with van der Waals surface area (Å²) in [5.41, 5.74) is 1.30. The Labute approximate surface area is 172 Å². The summed E-state index contributed by atoms with van der Waals surface area (Å²) in [4.78, 5) is 0. The molecular formula is C25H31F3O. The minimum atomic E-state index is -0.910. The molecule has 0 radical (unpaired) electrons. The van der Waals surface area contributed by atoms with Gasteiger partial charge in [0.25, 0.3) is 0 Å². The quantitative estimate of drug-likeness (QED) is 0.408. The average molecular weight is 405 g/mol. The molecule has 0 saturated carbocycles. The van der Waals surface area contributed by atoms with E-state index in [9.17, 15) is 13.2 Å². The van der Waals surface area contributed by atoms with Crippen LogP contribution in [0.2, 0.25) is 0 Å². The molecule has 0 amide bonds. The average Bonchev–Trinajstić information content (AvgIpc) is 2.72. The van der Waals surface area contributed by atoms with E-state index in [2.05, 4.69) is 6.92 Å². The third-order valence-corrected chi connectivity index (χ3v) is 5.93. The molecule has 2 unspecified atom stereocenters. The Hall–Kier alpha value is -1.81.